The number of carboxylic acids is 1. The zero-order chi connectivity index (χ0) is 24.6. The average Bonchev–Trinajstić information content (AvgIpc) is 3.26. The molecule has 3 aromatic rings. The van der Waals surface area contributed by atoms with Crippen molar-refractivity contribution in [1.82, 2.24) is 20.1 Å². The first kappa shape index (κ1) is 26.8. The second-order valence-corrected chi connectivity index (χ2v) is 9.83. The molecule has 0 radical (unpaired) electrons. The van der Waals surface area contributed by atoms with Gasteiger partial charge in [0.2, 0.25) is 5.91 Å². The lowest BCUT2D eigenvalue weighted by atomic mass is 9.99. The molecule has 12 heteroatoms. The van der Waals surface area contributed by atoms with E-state index >= 15 is 0 Å². The lowest BCUT2D eigenvalue weighted by Crippen LogP contribution is -2.35. The van der Waals surface area contributed by atoms with Gasteiger partial charge < -0.3 is 16.2 Å². The van der Waals surface area contributed by atoms with Crippen molar-refractivity contribution in [3.05, 3.63) is 62.5 Å². The van der Waals surface area contributed by atoms with E-state index < -0.39 is 18.1 Å². The first-order chi connectivity index (χ1) is 16.2. The van der Waals surface area contributed by atoms with Crippen LogP contribution < -0.4 is 11.1 Å². The molecule has 0 saturated carbocycles. The van der Waals surface area contributed by atoms with Crippen LogP contribution in [0.2, 0.25) is 5.02 Å². The normalized spacial score (nSPS) is 15.2. The maximum absolute atomic E-state index is 12.8. The molecule has 1 aromatic carbocycles. The summed E-state index contributed by atoms with van der Waals surface area (Å²) in [5.41, 5.74) is 9.29. The lowest BCUT2D eigenvalue weighted by molar-refractivity contribution is -0.138. The van der Waals surface area contributed by atoms with Gasteiger partial charge in [-0.05, 0) is 44.9 Å². The van der Waals surface area contributed by atoms with E-state index in [1.54, 1.807) is 11.3 Å². The number of carbonyl (C=O) groups excluding carboxylic acids is 1. The molecule has 1 amide bonds. The molecule has 2 aromatic heterocycles. The van der Waals surface area contributed by atoms with Crippen molar-refractivity contribution in [2.24, 2.45) is 10.7 Å². The summed E-state index contributed by atoms with van der Waals surface area (Å²) >= 11 is 7.76. The summed E-state index contributed by atoms with van der Waals surface area (Å²) in [5.74, 6) is -0.0768. The molecule has 4 rings (SSSR count). The van der Waals surface area contributed by atoms with Crippen LogP contribution in [0.4, 0.5) is 0 Å². The van der Waals surface area contributed by atoms with Crippen molar-refractivity contribution in [3.8, 4) is 5.00 Å². The summed E-state index contributed by atoms with van der Waals surface area (Å²) in [6.07, 6.45) is 0.167. The Balaban J connectivity index is 0.00000342. The Hall–Kier alpha value is -2.79. The molecule has 2 atom stereocenters. The smallest absolute Gasteiger partial charge is 0.320 e. The van der Waals surface area contributed by atoms with Gasteiger partial charge in [0.25, 0.3) is 0 Å². The fourth-order valence-corrected chi connectivity index (χ4v) is 5.21. The van der Waals surface area contributed by atoms with E-state index in [0.717, 1.165) is 32.3 Å². The Morgan fingerprint density at radius 2 is 1.91 bits per heavy atom. The van der Waals surface area contributed by atoms with E-state index in [9.17, 15) is 9.59 Å². The number of hydrogen-bond donors (Lipinski definition) is 3. The van der Waals surface area contributed by atoms with Crippen molar-refractivity contribution < 1.29 is 14.7 Å². The Labute approximate surface area is 217 Å². The third-order valence-corrected chi connectivity index (χ3v) is 7.27. The molecule has 9 nitrogen and oxygen atoms in total. The van der Waals surface area contributed by atoms with Gasteiger partial charge in [-0.25, -0.2) is 0 Å². The summed E-state index contributed by atoms with van der Waals surface area (Å²) in [6, 6.07) is 5.86. The predicted molar refractivity (Wildman–Crippen MR) is 138 cm³/mol. The van der Waals surface area contributed by atoms with Gasteiger partial charge in [-0.2, -0.15) is 0 Å². The number of aliphatic imine (C=N–C) groups is 1. The maximum atomic E-state index is 12.8. The van der Waals surface area contributed by atoms with Gasteiger partial charge in [0.05, 0.1) is 12.1 Å². The van der Waals surface area contributed by atoms with Crippen LogP contribution in [0.5, 0.6) is 0 Å². The summed E-state index contributed by atoms with van der Waals surface area (Å²) in [5, 5.41) is 21.9. The molecule has 3 heterocycles. The number of halogens is 2. The molecule has 0 bridgehead atoms. The van der Waals surface area contributed by atoms with Crippen molar-refractivity contribution >= 4 is 52.9 Å². The number of aliphatic carboxylic acids is 1. The zero-order valence-electron chi connectivity index (χ0n) is 19.4. The van der Waals surface area contributed by atoms with Gasteiger partial charge in [-0.15, -0.1) is 33.9 Å². The number of amides is 1. The number of carbonyl (C=O) groups is 2. The number of hydrogen-bond acceptors (Lipinski definition) is 7. The summed E-state index contributed by atoms with van der Waals surface area (Å²) in [4.78, 5) is 29.9. The average molecular weight is 537 g/mol. The van der Waals surface area contributed by atoms with Crippen molar-refractivity contribution in [2.45, 2.75) is 45.7 Å². The molecule has 1 aliphatic rings. The molecule has 0 aliphatic carbocycles. The Morgan fingerprint density at radius 3 is 2.57 bits per heavy atom. The SMILES string of the molecule is Cc1sc2c(c1C)C(c1ccc(Cl)cc1)=N[C@@H](CC(=O)NCCC(N)C(=O)O)c1nnc(C)n1-2.Cl. The quantitative estimate of drug-likeness (QED) is 0.422. The number of rotatable bonds is 7. The zero-order valence-corrected chi connectivity index (χ0v) is 21.8. The number of thiophene rings is 1. The van der Waals surface area contributed by atoms with E-state index in [1.807, 2.05) is 35.8 Å². The van der Waals surface area contributed by atoms with E-state index in [1.165, 1.54) is 0 Å². The first-order valence-electron chi connectivity index (χ1n) is 10.8. The minimum absolute atomic E-state index is 0. The fraction of sp³-hybridized carbons (Fsp3) is 0.348. The highest BCUT2D eigenvalue weighted by Gasteiger charge is 2.32. The van der Waals surface area contributed by atoms with Crippen LogP contribution in [-0.2, 0) is 9.59 Å². The second-order valence-electron chi connectivity index (χ2n) is 8.19. The Bertz CT molecular complexity index is 1290. The minimum Gasteiger partial charge on any atom is -0.480 e. The van der Waals surface area contributed by atoms with Crippen LogP contribution in [0.1, 0.15) is 52.1 Å². The molecule has 186 valence electrons. The van der Waals surface area contributed by atoms with E-state index in [2.05, 4.69) is 29.4 Å². The third-order valence-electron chi connectivity index (χ3n) is 5.83. The monoisotopic (exact) mass is 536 g/mol. The summed E-state index contributed by atoms with van der Waals surface area (Å²) in [7, 11) is 0. The number of aromatic nitrogens is 3. The number of nitrogens with zero attached hydrogens (tertiary/aromatic N) is 4. The maximum Gasteiger partial charge on any atom is 0.320 e. The van der Waals surface area contributed by atoms with Crippen LogP contribution in [0.15, 0.2) is 29.3 Å². The van der Waals surface area contributed by atoms with Crippen molar-refractivity contribution in [2.75, 3.05) is 6.54 Å². The van der Waals surface area contributed by atoms with E-state index in [-0.39, 0.29) is 37.7 Å². The van der Waals surface area contributed by atoms with Gasteiger partial charge in [0, 0.05) is 27.6 Å². The van der Waals surface area contributed by atoms with E-state index in [4.69, 9.17) is 27.4 Å². The van der Waals surface area contributed by atoms with Gasteiger partial charge in [-0.1, -0.05) is 23.7 Å². The number of nitrogens with two attached hydrogens (primary N) is 1. The van der Waals surface area contributed by atoms with Crippen LogP contribution in [0, 0.1) is 20.8 Å². The molecule has 1 unspecified atom stereocenters. The Morgan fingerprint density at radius 1 is 1.23 bits per heavy atom. The highest BCUT2D eigenvalue weighted by Crippen LogP contribution is 2.39. The molecule has 35 heavy (non-hydrogen) atoms. The van der Waals surface area contributed by atoms with Crippen LogP contribution in [-0.4, -0.2) is 50.0 Å². The molecule has 1 aliphatic heterocycles. The van der Waals surface area contributed by atoms with Crippen LogP contribution >= 0.6 is 35.3 Å². The minimum atomic E-state index is -1.10. The third kappa shape index (κ3) is 5.40. The summed E-state index contributed by atoms with van der Waals surface area (Å²) in [6.45, 7) is 6.17. The van der Waals surface area contributed by atoms with E-state index in [0.29, 0.717) is 16.7 Å². The lowest BCUT2D eigenvalue weighted by Gasteiger charge is -2.13. The van der Waals surface area contributed by atoms with Crippen molar-refractivity contribution in [3.63, 3.8) is 0 Å². The number of fused-ring (bicyclic) bond motifs is 3. The molecule has 0 spiro atoms. The van der Waals surface area contributed by atoms with Gasteiger partial charge >= 0.3 is 5.97 Å². The molecule has 0 saturated heterocycles. The molecule has 4 N–H and O–H groups in total. The topological polar surface area (TPSA) is 135 Å². The number of benzene rings is 1. The largest absolute Gasteiger partial charge is 0.480 e. The standard InChI is InChI=1S/C23H25ClN6O3S.ClH/c1-11-12(2)34-22-19(11)20(14-4-6-15(24)7-5-14)27-17(21-29-28-13(3)30(21)22)10-18(31)26-9-8-16(25)23(32)33;/h4-7,16-17H,8-10,25H2,1-3H3,(H,26,31)(H,32,33);1H/t16?,17-;/m0./s1. The molecular weight excluding hydrogens is 511 g/mol. The van der Waals surface area contributed by atoms with Crippen LogP contribution in [0.3, 0.4) is 0 Å². The predicted octanol–water partition coefficient (Wildman–Crippen LogP) is 3.53. The second kappa shape index (κ2) is 10.9. The van der Waals surface area contributed by atoms with Gasteiger partial charge in [0.15, 0.2) is 5.82 Å². The highest BCUT2D eigenvalue weighted by molar-refractivity contribution is 7.15. The molecular formula is C23H26Cl2N6O3S. The number of aryl methyl sites for hydroxylation is 2. The molecule has 0 fully saturated rings. The number of nitrogens with one attached hydrogen (secondary N) is 1. The fourth-order valence-electron chi connectivity index (χ4n) is 3.87. The summed E-state index contributed by atoms with van der Waals surface area (Å²) < 4.78 is 1.98. The Kier molecular flexibility index (Phi) is 8.32. The highest BCUT2D eigenvalue weighted by atomic mass is 35.5. The van der Waals surface area contributed by atoms with Crippen molar-refractivity contribution in [1.29, 1.82) is 0 Å². The van der Waals surface area contributed by atoms with Gasteiger partial charge in [0.1, 0.15) is 22.9 Å². The van der Waals surface area contributed by atoms with Gasteiger partial charge in [-0.3, -0.25) is 19.1 Å². The first-order valence-corrected chi connectivity index (χ1v) is 12.0. The van der Waals surface area contributed by atoms with Crippen LogP contribution in [0.25, 0.3) is 5.00 Å². The number of carboxylic acid groups (broad SMARTS) is 1.